The zero-order chi connectivity index (χ0) is 21.8. The third-order valence-electron chi connectivity index (χ3n) is 5.38. The summed E-state index contributed by atoms with van der Waals surface area (Å²) in [5, 5.41) is 8.18. The van der Waals surface area contributed by atoms with E-state index in [9.17, 15) is 13.2 Å². The fourth-order valence-corrected chi connectivity index (χ4v) is 5.13. The lowest BCUT2D eigenvalue weighted by molar-refractivity contribution is -0.117. The van der Waals surface area contributed by atoms with Gasteiger partial charge in [-0.05, 0) is 54.6 Å². The van der Waals surface area contributed by atoms with Crippen LogP contribution in [0.15, 0.2) is 78.3 Å². The first-order chi connectivity index (χ1) is 15.0. The zero-order valence-corrected chi connectivity index (χ0v) is 17.8. The summed E-state index contributed by atoms with van der Waals surface area (Å²) in [4.78, 5) is 16.1. The molecule has 1 fully saturated rings. The summed E-state index contributed by atoms with van der Waals surface area (Å²) in [6.07, 6.45) is 4.18. The molecule has 7 nitrogen and oxygen atoms in total. The molecule has 2 heterocycles. The molecule has 0 atom stereocenters. The van der Waals surface area contributed by atoms with Crippen molar-refractivity contribution in [1.29, 1.82) is 0 Å². The Kier molecular flexibility index (Phi) is 6.01. The summed E-state index contributed by atoms with van der Waals surface area (Å²) in [5.74, 6) is 0.461. The van der Waals surface area contributed by atoms with Gasteiger partial charge >= 0.3 is 0 Å². The van der Waals surface area contributed by atoms with Crippen molar-refractivity contribution in [3.63, 3.8) is 0 Å². The van der Waals surface area contributed by atoms with Gasteiger partial charge in [-0.1, -0.05) is 30.8 Å². The fourth-order valence-electron chi connectivity index (χ4n) is 3.66. The zero-order valence-electron chi connectivity index (χ0n) is 17.0. The van der Waals surface area contributed by atoms with Gasteiger partial charge < -0.3 is 10.6 Å². The highest BCUT2D eigenvalue weighted by Gasteiger charge is 2.29. The van der Waals surface area contributed by atoms with E-state index in [1.165, 1.54) is 10.4 Å². The molecule has 3 aromatic rings. The summed E-state index contributed by atoms with van der Waals surface area (Å²) < 4.78 is 27.4. The number of piperidine rings is 1. The van der Waals surface area contributed by atoms with Crippen LogP contribution in [0.4, 0.5) is 11.5 Å². The molecule has 0 unspecified atom stereocenters. The number of fused-ring (bicyclic) bond motifs is 1. The molecule has 0 radical (unpaired) electrons. The lowest BCUT2D eigenvalue weighted by Crippen LogP contribution is -2.46. The summed E-state index contributed by atoms with van der Waals surface area (Å²) >= 11 is 0. The van der Waals surface area contributed by atoms with Gasteiger partial charge in [-0.25, -0.2) is 13.4 Å². The molecule has 1 aliphatic rings. The molecule has 0 spiro atoms. The van der Waals surface area contributed by atoms with Crippen LogP contribution >= 0.6 is 0 Å². The minimum absolute atomic E-state index is 0.0296. The molecular weight excluding hydrogens is 412 g/mol. The molecule has 1 saturated heterocycles. The number of nitrogens with one attached hydrogen (secondary N) is 2. The maximum Gasteiger partial charge on any atom is 0.243 e. The first-order valence-electron chi connectivity index (χ1n) is 10.1. The molecule has 1 aliphatic heterocycles. The Morgan fingerprint density at radius 1 is 1.06 bits per heavy atom. The van der Waals surface area contributed by atoms with Crippen LogP contribution in [-0.2, 0) is 14.8 Å². The molecule has 31 heavy (non-hydrogen) atoms. The fraction of sp³-hybridized carbons (Fsp3) is 0.217. The monoisotopic (exact) mass is 436 g/mol. The van der Waals surface area contributed by atoms with Crippen LogP contribution in [0, 0.1) is 0 Å². The molecule has 0 aliphatic carbocycles. The molecule has 4 rings (SSSR count). The van der Waals surface area contributed by atoms with Crippen LogP contribution < -0.4 is 10.6 Å². The number of anilines is 2. The topological polar surface area (TPSA) is 91.4 Å². The number of amides is 1. The highest BCUT2D eigenvalue weighted by Crippen LogP contribution is 2.24. The van der Waals surface area contributed by atoms with Crippen molar-refractivity contribution in [3.8, 4) is 0 Å². The Balaban J connectivity index is 1.42. The van der Waals surface area contributed by atoms with Gasteiger partial charge in [0.25, 0.3) is 0 Å². The van der Waals surface area contributed by atoms with Crippen molar-refractivity contribution < 1.29 is 13.2 Å². The molecule has 1 aromatic heterocycles. The van der Waals surface area contributed by atoms with Crippen LogP contribution in [0.2, 0.25) is 0 Å². The molecule has 0 bridgehead atoms. The number of aromatic nitrogens is 1. The Hall–Kier alpha value is -3.23. The van der Waals surface area contributed by atoms with E-state index >= 15 is 0 Å². The summed E-state index contributed by atoms with van der Waals surface area (Å²) in [7, 11) is -3.58. The SMILES string of the molecule is C=CC(=O)NC1CCN(S(=O)(=O)c2ccc(Nc3cc4ccccc4cn3)cc2)CC1. The number of nitrogens with zero attached hydrogens (tertiary/aromatic N) is 2. The number of hydrogen-bond acceptors (Lipinski definition) is 5. The van der Waals surface area contributed by atoms with E-state index in [1.807, 2.05) is 30.3 Å². The number of benzene rings is 2. The van der Waals surface area contributed by atoms with Gasteiger partial charge in [0, 0.05) is 36.4 Å². The van der Waals surface area contributed by atoms with E-state index in [4.69, 9.17) is 0 Å². The maximum absolute atomic E-state index is 13.0. The Morgan fingerprint density at radius 2 is 1.74 bits per heavy atom. The van der Waals surface area contributed by atoms with Gasteiger partial charge in [-0.15, -0.1) is 0 Å². The van der Waals surface area contributed by atoms with Crippen molar-refractivity contribution in [1.82, 2.24) is 14.6 Å². The molecule has 1 amide bonds. The largest absolute Gasteiger partial charge is 0.350 e. The molecular formula is C23H24N4O3S. The van der Waals surface area contributed by atoms with E-state index in [1.54, 1.807) is 30.5 Å². The molecule has 8 heteroatoms. The Labute approximate surface area is 181 Å². The van der Waals surface area contributed by atoms with E-state index in [0.29, 0.717) is 31.7 Å². The number of rotatable bonds is 6. The number of sulfonamides is 1. The van der Waals surface area contributed by atoms with Crippen LogP contribution in [0.5, 0.6) is 0 Å². The lowest BCUT2D eigenvalue weighted by Gasteiger charge is -2.31. The van der Waals surface area contributed by atoms with Gasteiger partial charge in [0.1, 0.15) is 5.82 Å². The second-order valence-electron chi connectivity index (χ2n) is 7.46. The minimum atomic E-state index is -3.58. The van der Waals surface area contributed by atoms with E-state index in [-0.39, 0.29) is 16.8 Å². The number of carbonyl (C=O) groups excluding carboxylic acids is 1. The second kappa shape index (κ2) is 8.87. The van der Waals surface area contributed by atoms with Crippen molar-refractivity contribution in [3.05, 3.63) is 73.4 Å². The van der Waals surface area contributed by atoms with Crippen molar-refractivity contribution in [2.75, 3.05) is 18.4 Å². The van der Waals surface area contributed by atoms with E-state index in [0.717, 1.165) is 16.5 Å². The highest BCUT2D eigenvalue weighted by atomic mass is 32.2. The quantitative estimate of drug-likeness (QED) is 0.578. The Morgan fingerprint density at radius 3 is 2.42 bits per heavy atom. The van der Waals surface area contributed by atoms with E-state index in [2.05, 4.69) is 22.2 Å². The van der Waals surface area contributed by atoms with Crippen LogP contribution in [0.3, 0.4) is 0 Å². The number of hydrogen-bond donors (Lipinski definition) is 2. The highest BCUT2D eigenvalue weighted by molar-refractivity contribution is 7.89. The average Bonchev–Trinajstić information content (AvgIpc) is 2.79. The lowest BCUT2D eigenvalue weighted by atomic mass is 10.1. The standard InChI is InChI=1S/C23H24N4O3S/c1-2-23(28)26-20-11-13-27(14-12-20)31(29,30)21-9-7-19(8-10-21)25-22-15-17-5-3-4-6-18(17)16-24-22/h2-10,15-16,20H,1,11-14H2,(H,24,25)(H,26,28). The second-order valence-corrected chi connectivity index (χ2v) is 9.40. The Bertz CT molecular complexity index is 1200. The van der Waals surface area contributed by atoms with Crippen molar-refractivity contribution in [2.24, 2.45) is 0 Å². The normalized spacial score (nSPS) is 15.5. The molecule has 160 valence electrons. The van der Waals surface area contributed by atoms with Crippen LogP contribution in [-0.4, -0.2) is 42.7 Å². The molecule has 0 saturated carbocycles. The van der Waals surface area contributed by atoms with Crippen molar-refractivity contribution >= 4 is 38.2 Å². The van der Waals surface area contributed by atoms with Crippen LogP contribution in [0.25, 0.3) is 10.8 Å². The van der Waals surface area contributed by atoms with Gasteiger partial charge in [0.15, 0.2) is 0 Å². The molecule has 2 N–H and O–H groups in total. The summed E-state index contributed by atoms with van der Waals surface area (Å²) in [6, 6.07) is 16.6. The van der Waals surface area contributed by atoms with Gasteiger partial charge in [0.05, 0.1) is 4.90 Å². The maximum atomic E-state index is 13.0. The first kappa shape index (κ1) is 21.0. The first-order valence-corrected chi connectivity index (χ1v) is 11.5. The van der Waals surface area contributed by atoms with Gasteiger partial charge in [-0.3, -0.25) is 4.79 Å². The minimum Gasteiger partial charge on any atom is -0.350 e. The average molecular weight is 437 g/mol. The summed E-state index contributed by atoms with van der Waals surface area (Å²) in [5.41, 5.74) is 0.757. The third kappa shape index (κ3) is 4.76. The van der Waals surface area contributed by atoms with Crippen molar-refractivity contribution in [2.45, 2.75) is 23.8 Å². The number of pyridine rings is 1. The number of carbonyl (C=O) groups is 1. The van der Waals surface area contributed by atoms with E-state index < -0.39 is 10.0 Å². The smallest absolute Gasteiger partial charge is 0.243 e. The van der Waals surface area contributed by atoms with Gasteiger partial charge in [0.2, 0.25) is 15.9 Å². The van der Waals surface area contributed by atoms with Crippen LogP contribution in [0.1, 0.15) is 12.8 Å². The van der Waals surface area contributed by atoms with Gasteiger partial charge in [-0.2, -0.15) is 4.31 Å². The predicted molar refractivity (Wildman–Crippen MR) is 122 cm³/mol. The summed E-state index contributed by atoms with van der Waals surface area (Å²) in [6.45, 7) is 4.17. The predicted octanol–water partition coefficient (Wildman–Crippen LogP) is 3.43. The third-order valence-corrected chi connectivity index (χ3v) is 7.29. The molecule has 2 aromatic carbocycles.